The lowest BCUT2D eigenvalue weighted by Crippen LogP contribution is -2.50. The lowest BCUT2D eigenvalue weighted by molar-refractivity contribution is -0.247. The van der Waals surface area contributed by atoms with Crippen molar-refractivity contribution in [3.8, 4) is 0 Å². The first-order chi connectivity index (χ1) is 17.8. The molecule has 13 nitrogen and oxygen atoms in total. The van der Waals surface area contributed by atoms with Crippen molar-refractivity contribution in [3.05, 3.63) is 0 Å². The van der Waals surface area contributed by atoms with Gasteiger partial charge in [0.2, 0.25) is 0 Å². The fourth-order valence-corrected chi connectivity index (χ4v) is 4.10. The van der Waals surface area contributed by atoms with Gasteiger partial charge in [-0.05, 0) is 56.5 Å². The third-order valence-corrected chi connectivity index (χ3v) is 6.53. The van der Waals surface area contributed by atoms with Crippen molar-refractivity contribution in [2.45, 2.75) is 115 Å². The van der Waals surface area contributed by atoms with Crippen LogP contribution in [-0.2, 0) is 28.4 Å². The van der Waals surface area contributed by atoms with Crippen LogP contribution in [0.4, 0.5) is 0 Å². The van der Waals surface area contributed by atoms with E-state index in [2.05, 4.69) is 0 Å². The minimum Gasteiger partial charge on any atom is -0.396 e. The lowest BCUT2D eigenvalue weighted by Gasteiger charge is -2.38. The number of rotatable bonds is 23. The Morgan fingerprint density at radius 2 is 1.42 bits per heavy atom. The highest BCUT2D eigenvalue weighted by Crippen LogP contribution is 2.27. The predicted molar refractivity (Wildman–Crippen MR) is 140 cm³/mol. The number of methoxy groups -OCH3 is 1. The molecule has 7 N–H and O–H groups in total. The molecule has 0 radical (unpaired) electrons. The normalized spacial score (nSPS) is 20.3. The van der Waals surface area contributed by atoms with Crippen molar-refractivity contribution in [1.29, 1.82) is 0 Å². The van der Waals surface area contributed by atoms with Gasteiger partial charge in [0.05, 0.1) is 56.2 Å². The highest BCUT2D eigenvalue weighted by Gasteiger charge is 2.37. The summed E-state index contributed by atoms with van der Waals surface area (Å²) in [6, 6.07) is -0.973. The van der Waals surface area contributed by atoms with E-state index in [0.717, 1.165) is 0 Å². The summed E-state index contributed by atoms with van der Waals surface area (Å²) >= 11 is 0. The Labute approximate surface area is 227 Å². The zero-order valence-corrected chi connectivity index (χ0v) is 24.6. The molecule has 0 rings (SSSR count). The van der Waals surface area contributed by atoms with Gasteiger partial charge in [0, 0.05) is 13.7 Å². The molecule has 14 heteroatoms. The summed E-state index contributed by atoms with van der Waals surface area (Å²) in [6.45, 7) is 8.39. The van der Waals surface area contributed by atoms with E-state index < -0.39 is 73.9 Å². The average Bonchev–Trinajstić information content (AvgIpc) is 2.84. The van der Waals surface area contributed by atoms with Crippen LogP contribution in [0.5, 0.6) is 0 Å². The zero-order chi connectivity index (χ0) is 29.5. The average molecular weight is 579 g/mol. The molecule has 0 spiro atoms. The summed E-state index contributed by atoms with van der Waals surface area (Å²) in [4.78, 5) is 0. The summed E-state index contributed by atoms with van der Waals surface area (Å²) < 4.78 is 33.8. The van der Waals surface area contributed by atoms with Crippen molar-refractivity contribution in [2.24, 2.45) is 0 Å². The summed E-state index contributed by atoms with van der Waals surface area (Å²) in [7, 11) is 1.11. The van der Waals surface area contributed by atoms with E-state index in [1.807, 2.05) is 0 Å². The van der Waals surface area contributed by atoms with Gasteiger partial charge in [0.15, 0.2) is 12.3 Å². The van der Waals surface area contributed by atoms with Gasteiger partial charge in [0.25, 0.3) is 0 Å². The molecule has 0 aromatic carbocycles. The topological polar surface area (TPSA) is 197 Å². The van der Waals surface area contributed by atoms with Gasteiger partial charge in [-0.15, -0.1) is 0 Å². The van der Waals surface area contributed by atoms with Crippen LogP contribution in [0.1, 0.15) is 48.0 Å². The Morgan fingerprint density at radius 1 is 0.816 bits per heavy atom. The fraction of sp³-hybridized carbons (Fsp3) is 1.00. The molecular formula is C24H51O13P. The van der Waals surface area contributed by atoms with Crippen molar-refractivity contribution in [3.63, 3.8) is 0 Å². The van der Waals surface area contributed by atoms with E-state index in [0.29, 0.717) is 0 Å². The molecule has 0 aliphatic heterocycles. The zero-order valence-electron chi connectivity index (χ0n) is 23.6. The number of ether oxygens (including phenoxy) is 6. The SMILES string of the molecule is COC(OC[C@H](O)C(C)(C)OC(CO)[C@@H](C)OC(OC(CO)[C@@H](C)O)PCO)C(O)C(CCO)OC(C)C. The molecule has 10 atom stereocenters. The van der Waals surface area contributed by atoms with Gasteiger partial charge in [-0.3, -0.25) is 0 Å². The Bertz CT molecular complexity index is 584. The van der Waals surface area contributed by atoms with Crippen LogP contribution in [0.3, 0.4) is 0 Å². The Hall–Kier alpha value is -0.0900. The van der Waals surface area contributed by atoms with Gasteiger partial charge < -0.3 is 64.2 Å². The summed E-state index contributed by atoms with van der Waals surface area (Å²) in [5, 5.41) is 69.2. The van der Waals surface area contributed by atoms with Gasteiger partial charge in [-0.2, -0.15) is 0 Å². The number of hydrogen-bond donors (Lipinski definition) is 7. The predicted octanol–water partition coefficient (Wildman–Crippen LogP) is -0.895. The second kappa shape index (κ2) is 19.9. The number of aliphatic hydroxyl groups excluding tert-OH is 7. The summed E-state index contributed by atoms with van der Waals surface area (Å²) in [5.74, 6) is 0. The minimum atomic E-state index is -1.25. The second-order valence-corrected chi connectivity index (χ2v) is 11.0. The highest BCUT2D eigenvalue weighted by atomic mass is 31.1. The van der Waals surface area contributed by atoms with E-state index in [4.69, 9.17) is 28.4 Å². The van der Waals surface area contributed by atoms with Crippen LogP contribution in [0.15, 0.2) is 0 Å². The molecule has 0 aliphatic rings. The summed E-state index contributed by atoms with van der Waals surface area (Å²) in [5.41, 5.74) is -1.25. The molecule has 0 aromatic rings. The molecule has 0 aromatic heterocycles. The van der Waals surface area contributed by atoms with Crippen LogP contribution in [0, 0.1) is 0 Å². The molecule has 230 valence electrons. The van der Waals surface area contributed by atoms with E-state index in [1.54, 1.807) is 34.6 Å². The molecule has 0 heterocycles. The highest BCUT2D eigenvalue weighted by molar-refractivity contribution is 7.38. The molecule has 0 bridgehead atoms. The minimum absolute atomic E-state index is 0.160. The van der Waals surface area contributed by atoms with E-state index in [1.165, 1.54) is 14.0 Å². The Balaban J connectivity index is 5.21. The molecule has 0 saturated carbocycles. The molecule has 0 fully saturated rings. The van der Waals surface area contributed by atoms with Gasteiger partial charge >= 0.3 is 0 Å². The van der Waals surface area contributed by atoms with Crippen LogP contribution in [0.25, 0.3) is 0 Å². The van der Waals surface area contributed by atoms with Crippen LogP contribution < -0.4 is 0 Å². The molecule has 0 saturated heterocycles. The van der Waals surface area contributed by atoms with Gasteiger partial charge in [-0.1, -0.05) is 0 Å². The van der Waals surface area contributed by atoms with E-state index in [9.17, 15) is 35.7 Å². The molecule has 0 aliphatic carbocycles. The Kier molecular flexibility index (Phi) is 19.8. The van der Waals surface area contributed by atoms with Crippen LogP contribution >= 0.6 is 8.58 Å². The quantitative estimate of drug-likeness (QED) is 0.0583. The third kappa shape index (κ3) is 14.0. The lowest BCUT2D eigenvalue weighted by atomic mass is 10.0. The van der Waals surface area contributed by atoms with Crippen LogP contribution in [0.2, 0.25) is 0 Å². The van der Waals surface area contributed by atoms with Crippen molar-refractivity contribution < 1.29 is 64.2 Å². The monoisotopic (exact) mass is 578 g/mol. The maximum absolute atomic E-state index is 10.8. The molecule has 38 heavy (non-hydrogen) atoms. The first kappa shape index (κ1) is 37.9. The van der Waals surface area contributed by atoms with Crippen molar-refractivity contribution >= 4 is 8.58 Å². The maximum atomic E-state index is 10.8. The van der Waals surface area contributed by atoms with Crippen molar-refractivity contribution in [1.82, 2.24) is 0 Å². The number of aliphatic hydroxyl groups is 7. The fourth-order valence-electron chi connectivity index (χ4n) is 3.37. The van der Waals surface area contributed by atoms with Crippen molar-refractivity contribution in [2.75, 3.05) is 39.9 Å². The largest absolute Gasteiger partial charge is 0.396 e. The molecule has 7 unspecified atom stereocenters. The Morgan fingerprint density at radius 3 is 1.87 bits per heavy atom. The second-order valence-electron chi connectivity index (χ2n) is 9.75. The van der Waals surface area contributed by atoms with E-state index >= 15 is 0 Å². The van der Waals surface area contributed by atoms with Gasteiger partial charge in [-0.25, -0.2) is 0 Å². The maximum Gasteiger partial charge on any atom is 0.185 e. The first-order valence-electron chi connectivity index (χ1n) is 12.8. The van der Waals surface area contributed by atoms with Crippen LogP contribution in [-0.4, -0.2) is 142 Å². The molecule has 0 amide bonds. The number of hydrogen-bond acceptors (Lipinski definition) is 13. The molecular weight excluding hydrogens is 527 g/mol. The van der Waals surface area contributed by atoms with Gasteiger partial charge in [0.1, 0.15) is 24.4 Å². The first-order valence-corrected chi connectivity index (χ1v) is 14.1. The smallest absolute Gasteiger partial charge is 0.185 e. The standard InChI is InChI=1S/C24H51O13P/c1-14(2)34-17(8-9-25)21(31)22(32-7)33-12-20(30)24(5,6)37-19(11-27)16(4)35-23(38-13-28)36-18(10-26)15(3)29/h14-23,25-31,38H,8-13H2,1-7H3/t15-,16-,17?,18?,19?,20+,21?,22?,23?/m1/s1. The van der Waals surface area contributed by atoms with E-state index in [-0.39, 0.29) is 40.7 Å². The summed E-state index contributed by atoms with van der Waals surface area (Å²) in [6.07, 6.45) is -8.28. The third-order valence-electron chi connectivity index (χ3n) is 5.74.